The van der Waals surface area contributed by atoms with Crippen molar-refractivity contribution in [3.8, 4) is 0 Å². The van der Waals surface area contributed by atoms with Crippen molar-refractivity contribution in [2.45, 2.75) is 0 Å². The highest BCUT2D eigenvalue weighted by Crippen LogP contribution is 2.16. The summed E-state index contributed by atoms with van der Waals surface area (Å²) in [7, 11) is 0. The van der Waals surface area contributed by atoms with Gasteiger partial charge in [-0.1, -0.05) is 18.7 Å². The van der Waals surface area contributed by atoms with Crippen LogP contribution in [0, 0.1) is 0 Å². The maximum Gasteiger partial charge on any atom is 0.281 e. The SMILES string of the molecule is C=CC1=CC(=C(O)O)C=C1. The van der Waals surface area contributed by atoms with E-state index in [0.29, 0.717) is 5.57 Å². The summed E-state index contributed by atoms with van der Waals surface area (Å²) in [6.45, 7) is 3.53. The van der Waals surface area contributed by atoms with Gasteiger partial charge in [-0.15, -0.1) is 0 Å². The summed E-state index contributed by atoms with van der Waals surface area (Å²) in [5.41, 5.74) is 1.31. The Bertz CT molecular complexity index is 240. The van der Waals surface area contributed by atoms with Gasteiger partial charge in [0.15, 0.2) is 0 Å². The zero-order valence-electron chi connectivity index (χ0n) is 5.41. The Labute approximate surface area is 59.1 Å². The standard InChI is InChI=1S/C8H8O2/c1-2-6-3-4-7(5-6)8(9)10/h2-5,9-10H,1H2. The molecule has 0 aromatic heterocycles. The number of hydrogen-bond acceptors (Lipinski definition) is 2. The molecule has 0 atom stereocenters. The van der Waals surface area contributed by atoms with Gasteiger partial charge in [-0.05, 0) is 17.7 Å². The van der Waals surface area contributed by atoms with Crippen molar-refractivity contribution in [2.24, 2.45) is 0 Å². The molecule has 10 heavy (non-hydrogen) atoms. The van der Waals surface area contributed by atoms with Crippen LogP contribution in [-0.4, -0.2) is 10.2 Å². The molecule has 0 aromatic carbocycles. The zero-order valence-corrected chi connectivity index (χ0v) is 5.41. The van der Waals surface area contributed by atoms with Gasteiger partial charge < -0.3 is 10.2 Å². The fourth-order valence-electron chi connectivity index (χ4n) is 0.728. The normalized spacial score (nSPS) is 15.2. The molecule has 0 amide bonds. The minimum absolute atomic E-state index is 0.426. The third-order valence-corrected chi connectivity index (χ3v) is 1.27. The Morgan fingerprint density at radius 2 is 2.10 bits per heavy atom. The lowest BCUT2D eigenvalue weighted by atomic mass is 10.3. The molecule has 0 aliphatic heterocycles. The van der Waals surface area contributed by atoms with Gasteiger partial charge in [-0.3, -0.25) is 0 Å². The first-order valence-electron chi connectivity index (χ1n) is 2.88. The molecule has 1 aliphatic rings. The topological polar surface area (TPSA) is 40.5 Å². The van der Waals surface area contributed by atoms with E-state index in [1.165, 1.54) is 0 Å². The van der Waals surface area contributed by atoms with Gasteiger partial charge in [0.25, 0.3) is 5.95 Å². The second-order valence-electron chi connectivity index (χ2n) is 1.96. The summed E-state index contributed by atoms with van der Waals surface area (Å²) in [4.78, 5) is 0. The first kappa shape index (κ1) is 6.68. The lowest BCUT2D eigenvalue weighted by molar-refractivity contribution is 0.188. The summed E-state index contributed by atoms with van der Waals surface area (Å²) in [5, 5.41) is 17.1. The van der Waals surface area contributed by atoms with E-state index in [1.807, 2.05) is 0 Å². The van der Waals surface area contributed by atoms with Gasteiger partial charge in [0.05, 0.1) is 5.57 Å². The van der Waals surface area contributed by atoms with Crippen LogP contribution >= 0.6 is 0 Å². The Kier molecular flexibility index (Phi) is 1.63. The second-order valence-corrected chi connectivity index (χ2v) is 1.96. The molecule has 1 rings (SSSR count). The van der Waals surface area contributed by atoms with Gasteiger partial charge in [0, 0.05) is 0 Å². The van der Waals surface area contributed by atoms with Crippen molar-refractivity contribution in [2.75, 3.05) is 0 Å². The number of aliphatic hydroxyl groups excluding tert-OH is 1. The highest BCUT2D eigenvalue weighted by atomic mass is 16.5. The molecule has 0 spiro atoms. The summed E-state index contributed by atoms with van der Waals surface area (Å²) >= 11 is 0. The van der Waals surface area contributed by atoms with E-state index in [0.717, 1.165) is 5.57 Å². The monoisotopic (exact) mass is 136 g/mol. The van der Waals surface area contributed by atoms with Gasteiger partial charge >= 0.3 is 0 Å². The summed E-state index contributed by atoms with van der Waals surface area (Å²) in [6, 6.07) is 0. The average Bonchev–Trinajstić information content (AvgIpc) is 2.34. The van der Waals surface area contributed by atoms with Crippen molar-refractivity contribution < 1.29 is 10.2 Å². The molecule has 0 heterocycles. The van der Waals surface area contributed by atoms with E-state index >= 15 is 0 Å². The van der Waals surface area contributed by atoms with Gasteiger partial charge in [0.1, 0.15) is 0 Å². The van der Waals surface area contributed by atoms with Gasteiger partial charge in [-0.2, -0.15) is 0 Å². The van der Waals surface area contributed by atoms with Crippen LogP contribution in [0.4, 0.5) is 0 Å². The highest BCUT2D eigenvalue weighted by Gasteiger charge is 2.02. The molecular weight excluding hydrogens is 128 g/mol. The lowest BCUT2D eigenvalue weighted by Crippen LogP contribution is -1.79. The van der Waals surface area contributed by atoms with Crippen LogP contribution in [0.3, 0.4) is 0 Å². The van der Waals surface area contributed by atoms with Crippen LogP contribution in [0.5, 0.6) is 0 Å². The van der Waals surface area contributed by atoms with Crippen molar-refractivity contribution >= 4 is 0 Å². The Hall–Kier alpha value is -1.44. The maximum atomic E-state index is 8.57. The maximum absolute atomic E-state index is 8.57. The van der Waals surface area contributed by atoms with Crippen LogP contribution in [0.25, 0.3) is 0 Å². The van der Waals surface area contributed by atoms with Gasteiger partial charge in [-0.25, -0.2) is 0 Å². The quantitative estimate of drug-likeness (QED) is 0.541. The summed E-state index contributed by atoms with van der Waals surface area (Å²) in [6.07, 6.45) is 6.66. The molecule has 2 heteroatoms. The minimum atomic E-state index is -0.645. The minimum Gasteiger partial charge on any atom is -0.481 e. The molecule has 2 N–H and O–H groups in total. The van der Waals surface area contributed by atoms with E-state index in [9.17, 15) is 0 Å². The largest absolute Gasteiger partial charge is 0.481 e. The second kappa shape index (κ2) is 2.43. The molecule has 0 aromatic rings. The van der Waals surface area contributed by atoms with Crippen LogP contribution in [0.1, 0.15) is 0 Å². The zero-order chi connectivity index (χ0) is 7.56. The van der Waals surface area contributed by atoms with E-state index in [1.54, 1.807) is 24.3 Å². The van der Waals surface area contributed by atoms with Crippen molar-refractivity contribution in [3.05, 3.63) is 48.0 Å². The molecule has 0 saturated heterocycles. The highest BCUT2D eigenvalue weighted by molar-refractivity contribution is 5.49. The van der Waals surface area contributed by atoms with Gasteiger partial charge in [0.2, 0.25) is 0 Å². The number of rotatable bonds is 1. The lowest BCUT2D eigenvalue weighted by Gasteiger charge is -1.88. The summed E-state index contributed by atoms with van der Waals surface area (Å²) in [5.74, 6) is -0.645. The van der Waals surface area contributed by atoms with E-state index in [4.69, 9.17) is 10.2 Å². The van der Waals surface area contributed by atoms with Crippen LogP contribution in [0.15, 0.2) is 48.0 Å². The number of aliphatic hydroxyl groups is 2. The molecule has 0 unspecified atom stereocenters. The fraction of sp³-hybridized carbons (Fsp3) is 0. The van der Waals surface area contributed by atoms with Crippen molar-refractivity contribution in [1.29, 1.82) is 0 Å². The van der Waals surface area contributed by atoms with E-state index in [-0.39, 0.29) is 0 Å². The third kappa shape index (κ3) is 1.10. The molecule has 1 aliphatic carbocycles. The van der Waals surface area contributed by atoms with E-state index in [2.05, 4.69) is 6.58 Å². The van der Waals surface area contributed by atoms with Crippen LogP contribution in [-0.2, 0) is 0 Å². The predicted octanol–water partition coefficient (Wildman–Crippen LogP) is 2.00. The Morgan fingerprint density at radius 3 is 2.40 bits per heavy atom. The number of allylic oxidation sites excluding steroid dienone is 6. The van der Waals surface area contributed by atoms with Crippen molar-refractivity contribution in [1.82, 2.24) is 0 Å². The summed E-state index contributed by atoms with van der Waals surface area (Å²) < 4.78 is 0. The molecule has 0 bridgehead atoms. The van der Waals surface area contributed by atoms with E-state index < -0.39 is 5.95 Å². The van der Waals surface area contributed by atoms with Crippen LogP contribution < -0.4 is 0 Å². The average molecular weight is 136 g/mol. The molecule has 0 radical (unpaired) electrons. The first-order chi connectivity index (χ1) is 4.74. The Balaban J connectivity index is 2.95. The Morgan fingerprint density at radius 1 is 1.40 bits per heavy atom. The molecule has 0 saturated carbocycles. The molecule has 0 fully saturated rings. The molecular formula is C8H8O2. The number of hydrogen-bond donors (Lipinski definition) is 2. The predicted molar refractivity (Wildman–Crippen MR) is 39.7 cm³/mol. The molecule has 2 nitrogen and oxygen atoms in total. The van der Waals surface area contributed by atoms with Crippen LogP contribution in [0.2, 0.25) is 0 Å². The molecule has 52 valence electrons. The first-order valence-corrected chi connectivity index (χ1v) is 2.88. The third-order valence-electron chi connectivity index (χ3n) is 1.27. The smallest absolute Gasteiger partial charge is 0.281 e. The van der Waals surface area contributed by atoms with Crippen molar-refractivity contribution in [3.63, 3.8) is 0 Å². The fourth-order valence-corrected chi connectivity index (χ4v) is 0.728.